The SMILES string of the molecule is CC(=O)n1nc(-c2ccc(CC(C#N)CC(=O)[C@@H]3[C@H]4CC[C@H](C4)N3C(=O)OC(C)(C)C)c(F)c2)cc1C. The molecule has 1 unspecified atom stereocenters. The van der Waals surface area contributed by atoms with Crippen LogP contribution in [-0.4, -0.2) is 50.1 Å². The highest BCUT2D eigenvalue weighted by molar-refractivity contribution is 5.89. The lowest BCUT2D eigenvalue weighted by atomic mass is 9.87. The molecule has 1 saturated heterocycles. The summed E-state index contributed by atoms with van der Waals surface area (Å²) in [4.78, 5) is 39.5. The van der Waals surface area contributed by atoms with Crippen LogP contribution >= 0.6 is 0 Å². The van der Waals surface area contributed by atoms with Crippen LogP contribution in [-0.2, 0) is 16.0 Å². The van der Waals surface area contributed by atoms with Gasteiger partial charge >= 0.3 is 6.09 Å². The Bertz CT molecular complexity index is 1270. The number of rotatable bonds is 6. The van der Waals surface area contributed by atoms with Crippen molar-refractivity contribution in [1.29, 1.82) is 5.26 Å². The smallest absolute Gasteiger partial charge is 0.411 e. The largest absolute Gasteiger partial charge is 0.444 e. The van der Waals surface area contributed by atoms with Gasteiger partial charge in [-0.05, 0) is 77.0 Å². The molecule has 2 aliphatic rings. The van der Waals surface area contributed by atoms with Crippen molar-refractivity contribution in [3.8, 4) is 17.3 Å². The molecule has 1 saturated carbocycles. The molecule has 2 heterocycles. The number of carbonyl (C=O) groups is 3. The molecule has 0 N–H and O–H groups in total. The van der Waals surface area contributed by atoms with Crippen LogP contribution in [0.1, 0.15) is 69.4 Å². The van der Waals surface area contributed by atoms with Crippen LogP contribution in [0.5, 0.6) is 0 Å². The molecule has 1 aliphatic heterocycles. The van der Waals surface area contributed by atoms with Gasteiger partial charge in [0, 0.05) is 30.6 Å². The Morgan fingerprint density at radius 1 is 1.24 bits per heavy atom. The first-order valence-electron chi connectivity index (χ1n) is 12.7. The third-order valence-electron chi connectivity index (χ3n) is 7.15. The molecule has 37 heavy (non-hydrogen) atoms. The number of aryl methyl sites for hydroxylation is 1. The molecule has 8 nitrogen and oxygen atoms in total. The third kappa shape index (κ3) is 5.58. The number of hydrogen-bond acceptors (Lipinski definition) is 6. The minimum Gasteiger partial charge on any atom is -0.444 e. The van der Waals surface area contributed by atoms with Gasteiger partial charge in [-0.25, -0.2) is 13.9 Å². The van der Waals surface area contributed by atoms with Crippen LogP contribution in [0.25, 0.3) is 11.3 Å². The lowest BCUT2D eigenvalue weighted by Crippen LogP contribution is -2.51. The number of hydrogen-bond donors (Lipinski definition) is 0. The maximum Gasteiger partial charge on any atom is 0.411 e. The summed E-state index contributed by atoms with van der Waals surface area (Å²) in [7, 11) is 0. The average Bonchev–Trinajstić information content (AvgIpc) is 3.53. The van der Waals surface area contributed by atoms with Crippen LogP contribution in [0.15, 0.2) is 24.3 Å². The Morgan fingerprint density at radius 2 is 1.97 bits per heavy atom. The summed E-state index contributed by atoms with van der Waals surface area (Å²) in [5, 5.41) is 14.0. The quantitative estimate of drug-likeness (QED) is 0.538. The molecule has 1 amide bonds. The molecule has 1 aromatic heterocycles. The topological polar surface area (TPSA) is 105 Å². The zero-order valence-corrected chi connectivity index (χ0v) is 22.0. The van der Waals surface area contributed by atoms with E-state index in [1.807, 2.05) is 0 Å². The van der Waals surface area contributed by atoms with Crippen molar-refractivity contribution in [2.24, 2.45) is 11.8 Å². The summed E-state index contributed by atoms with van der Waals surface area (Å²) < 4.78 is 21.8. The average molecular weight is 509 g/mol. The molecular formula is C28H33FN4O4. The molecule has 196 valence electrons. The van der Waals surface area contributed by atoms with E-state index < -0.39 is 29.5 Å². The van der Waals surface area contributed by atoms with E-state index in [-0.39, 0.29) is 36.5 Å². The van der Waals surface area contributed by atoms with Crippen LogP contribution in [0.3, 0.4) is 0 Å². The van der Waals surface area contributed by atoms with E-state index in [0.29, 0.717) is 22.5 Å². The van der Waals surface area contributed by atoms with Gasteiger partial charge in [-0.3, -0.25) is 14.5 Å². The van der Waals surface area contributed by atoms with Gasteiger partial charge in [0.25, 0.3) is 0 Å². The van der Waals surface area contributed by atoms with Crippen molar-refractivity contribution in [3.63, 3.8) is 0 Å². The van der Waals surface area contributed by atoms with Gasteiger partial charge in [-0.2, -0.15) is 10.4 Å². The van der Waals surface area contributed by atoms with E-state index in [2.05, 4.69) is 11.2 Å². The van der Waals surface area contributed by atoms with Crippen LogP contribution in [0, 0.1) is 35.9 Å². The maximum absolute atomic E-state index is 15.0. The number of benzene rings is 1. The maximum atomic E-state index is 15.0. The van der Waals surface area contributed by atoms with E-state index in [1.165, 1.54) is 17.7 Å². The Balaban J connectivity index is 1.46. The van der Waals surface area contributed by atoms with Crippen molar-refractivity contribution >= 4 is 17.8 Å². The fourth-order valence-electron chi connectivity index (χ4n) is 5.58. The highest BCUT2D eigenvalue weighted by Crippen LogP contribution is 2.44. The lowest BCUT2D eigenvalue weighted by Gasteiger charge is -2.35. The Hall–Kier alpha value is -3.54. The predicted molar refractivity (Wildman–Crippen MR) is 134 cm³/mol. The number of nitrogens with zero attached hydrogens (tertiary/aromatic N) is 4. The number of ketones is 1. The second kappa shape index (κ2) is 10.1. The van der Waals surface area contributed by atoms with Crippen molar-refractivity contribution < 1.29 is 23.5 Å². The number of halogens is 1. The first-order valence-corrected chi connectivity index (χ1v) is 12.7. The van der Waals surface area contributed by atoms with Gasteiger partial charge < -0.3 is 4.74 Å². The summed E-state index contributed by atoms with van der Waals surface area (Å²) in [5.74, 6) is -1.57. The summed E-state index contributed by atoms with van der Waals surface area (Å²) >= 11 is 0. The van der Waals surface area contributed by atoms with Gasteiger partial charge in [0.15, 0.2) is 5.78 Å². The first kappa shape index (κ1) is 26.5. The summed E-state index contributed by atoms with van der Waals surface area (Å²) in [6, 6.07) is 7.86. The number of nitriles is 1. The van der Waals surface area contributed by atoms with E-state index in [4.69, 9.17) is 4.74 Å². The third-order valence-corrected chi connectivity index (χ3v) is 7.15. The van der Waals surface area contributed by atoms with Gasteiger partial charge in [0.2, 0.25) is 5.91 Å². The Morgan fingerprint density at radius 3 is 2.57 bits per heavy atom. The number of carbonyl (C=O) groups excluding carboxylic acids is 3. The molecule has 1 aliphatic carbocycles. The van der Waals surface area contributed by atoms with Gasteiger partial charge in [0.05, 0.1) is 23.7 Å². The molecular weight excluding hydrogens is 475 g/mol. The molecule has 9 heteroatoms. The Kier molecular flexibility index (Phi) is 7.22. The fraction of sp³-hybridized carbons (Fsp3) is 0.536. The van der Waals surface area contributed by atoms with Crippen molar-refractivity contribution in [2.45, 2.75) is 84.4 Å². The van der Waals surface area contributed by atoms with Gasteiger partial charge in [-0.15, -0.1) is 0 Å². The minimum atomic E-state index is -0.730. The van der Waals surface area contributed by atoms with Crippen LogP contribution in [0.4, 0.5) is 9.18 Å². The highest BCUT2D eigenvalue weighted by atomic mass is 19.1. The van der Waals surface area contributed by atoms with Crippen molar-refractivity contribution in [1.82, 2.24) is 14.7 Å². The van der Waals surface area contributed by atoms with E-state index in [9.17, 15) is 19.6 Å². The summed E-state index contributed by atoms with van der Waals surface area (Å²) in [6.45, 7) is 8.52. The second-order valence-electron chi connectivity index (χ2n) is 11.2. The van der Waals surface area contributed by atoms with E-state index in [0.717, 1.165) is 19.3 Å². The molecule has 4 atom stereocenters. The van der Waals surface area contributed by atoms with Gasteiger partial charge in [0.1, 0.15) is 11.4 Å². The number of fused-ring (bicyclic) bond motifs is 2. The van der Waals surface area contributed by atoms with Crippen molar-refractivity contribution in [2.75, 3.05) is 0 Å². The molecule has 0 spiro atoms. The van der Waals surface area contributed by atoms with E-state index >= 15 is 4.39 Å². The standard InChI is InChI=1S/C28H33FN4O4/c1-16-10-24(31-33(16)17(2)34)20-7-6-19(23(29)14-20)11-18(15-30)12-25(35)26-21-8-9-22(13-21)32(26)27(36)37-28(3,4)5/h6-7,10,14,18,21-22,26H,8-9,11-13H2,1-5H3/t18?,21-,22+,26-/m0/s1. The normalized spacial score (nSPS) is 21.5. The predicted octanol–water partition coefficient (Wildman–Crippen LogP) is 5.09. The zero-order valence-electron chi connectivity index (χ0n) is 22.0. The van der Waals surface area contributed by atoms with Crippen LogP contribution < -0.4 is 0 Å². The Labute approximate surface area is 216 Å². The minimum absolute atomic E-state index is 0.0190. The first-order chi connectivity index (χ1) is 17.4. The number of likely N-dealkylation sites (tertiary alicyclic amines) is 1. The highest BCUT2D eigenvalue weighted by Gasteiger charge is 2.52. The van der Waals surface area contributed by atoms with E-state index in [1.54, 1.807) is 50.8 Å². The number of ether oxygens (including phenoxy) is 1. The molecule has 2 aromatic rings. The molecule has 4 rings (SSSR count). The summed E-state index contributed by atoms with van der Waals surface area (Å²) in [6.07, 6.45) is 2.00. The number of Topliss-reactive ketones (excluding diaryl/α,β-unsaturated/α-hetero) is 1. The number of aromatic nitrogens is 2. The molecule has 1 aromatic carbocycles. The van der Waals surface area contributed by atoms with Gasteiger partial charge in [-0.1, -0.05) is 12.1 Å². The zero-order chi connectivity index (χ0) is 27.1. The lowest BCUT2D eigenvalue weighted by molar-refractivity contribution is -0.126. The van der Waals surface area contributed by atoms with Crippen molar-refractivity contribution in [3.05, 3.63) is 41.3 Å². The molecule has 2 fully saturated rings. The molecule has 0 radical (unpaired) electrons. The second-order valence-corrected chi connectivity index (χ2v) is 11.2. The monoisotopic (exact) mass is 508 g/mol. The number of piperidine rings is 1. The number of amides is 1. The molecule has 2 bridgehead atoms. The fourth-order valence-corrected chi connectivity index (χ4v) is 5.58. The van der Waals surface area contributed by atoms with Crippen LogP contribution in [0.2, 0.25) is 0 Å². The summed E-state index contributed by atoms with van der Waals surface area (Å²) in [5.41, 5.74) is 1.29.